The van der Waals surface area contributed by atoms with E-state index in [0.717, 1.165) is 6.26 Å². The van der Waals surface area contributed by atoms with Crippen molar-refractivity contribution >= 4 is 27.6 Å². The molecule has 1 aromatic rings. The Morgan fingerprint density at radius 3 is 1.92 bits per heavy atom. The number of carboxylic acid groups (broad SMARTS) is 1. The molecule has 1 aromatic carbocycles. The largest absolute Gasteiger partial charge is 0.478 e. The molecule has 2 N–H and O–H groups in total. The van der Waals surface area contributed by atoms with Gasteiger partial charge >= 0.3 is 5.97 Å². The molecule has 0 radical (unpaired) electrons. The van der Waals surface area contributed by atoms with Gasteiger partial charge in [0.05, 0.1) is 6.04 Å². The third-order valence-electron chi connectivity index (χ3n) is 6.48. The molecule has 1 rings (SSSR count). The van der Waals surface area contributed by atoms with Crippen LogP contribution in [0, 0.1) is 11.3 Å². The molecule has 0 saturated carbocycles. The second-order valence-electron chi connectivity index (χ2n) is 11.4. The van der Waals surface area contributed by atoms with E-state index in [1.165, 1.54) is 17.9 Å². The Hall–Kier alpha value is -2.68. The first-order valence-corrected chi connectivity index (χ1v) is 13.9. The maximum Gasteiger partial charge on any atom is 0.331 e. The molecule has 36 heavy (non-hydrogen) atoms. The number of likely N-dealkylation sites (N-methyl/N-ethyl adjacent to an activating group) is 1. The zero-order valence-corrected chi connectivity index (χ0v) is 23.9. The van der Waals surface area contributed by atoms with Crippen LogP contribution in [0.4, 0.5) is 0 Å². The topological polar surface area (TPSA) is 121 Å². The van der Waals surface area contributed by atoms with Gasteiger partial charge in [0.2, 0.25) is 11.8 Å². The second kappa shape index (κ2) is 11.6. The highest BCUT2D eigenvalue weighted by Crippen LogP contribution is 2.32. The molecule has 0 aliphatic heterocycles. The van der Waals surface area contributed by atoms with Crippen LogP contribution in [-0.2, 0) is 29.6 Å². The van der Waals surface area contributed by atoms with Crippen LogP contribution in [0.3, 0.4) is 0 Å². The van der Waals surface area contributed by atoms with Crippen LogP contribution >= 0.6 is 0 Å². The molecule has 0 aliphatic rings. The summed E-state index contributed by atoms with van der Waals surface area (Å²) in [6, 6.07) is 7.33. The number of benzene rings is 1. The van der Waals surface area contributed by atoms with Gasteiger partial charge in [0, 0.05) is 24.3 Å². The van der Waals surface area contributed by atoms with Gasteiger partial charge in [-0.05, 0) is 23.8 Å². The van der Waals surface area contributed by atoms with Crippen molar-refractivity contribution in [1.82, 2.24) is 10.2 Å². The summed E-state index contributed by atoms with van der Waals surface area (Å²) in [4.78, 5) is 40.1. The molecule has 0 spiro atoms. The standard InChI is InChI=1S/C27H42N2O6S/c1-17(2)20(16-18(3)25(32)33)29(9)24(31)21(26(4,5)6)28-23(30)22(36(10,34)35)27(7,8)19-14-12-11-13-15-19/h11-17,20-22H,1-10H3,(H,28,30)(H,32,33)/b18-16+/t20-,21-,22?/m1/s1. The molecule has 2 amide bonds. The molecule has 9 heteroatoms. The molecule has 0 saturated heterocycles. The first kappa shape index (κ1) is 31.4. The molecule has 0 heterocycles. The van der Waals surface area contributed by atoms with Crippen molar-refractivity contribution in [1.29, 1.82) is 0 Å². The van der Waals surface area contributed by atoms with Crippen molar-refractivity contribution in [2.24, 2.45) is 11.3 Å². The Morgan fingerprint density at radius 1 is 1.03 bits per heavy atom. The molecule has 0 fully saturated rings. The molecule has 0 aromatic heterocycles. The molecular weight excluding hydrogens is 480 g/mol. The maximum atomic E-state index is 13.7. The average molecular weight is 523 g/mol. The van der Waals surface area contributed by atoms with Gasteiger partial charge in [-0.3, -0.25) is 9.59 Å². The quantitative estimate of drug-likeness (QED) is 0.454. The summed E-state index contributed by atoms with van der Waals surface area (Å²) < 4.78 is 25.8. The third kappa shape index (κ3) is 7.66. The van der Waals surface area contributed by atoms with Gasteiger partial charge < -0.3 is 15.3 Å². The fourth-order valence-electron chi connectivity index (χ4n) is 4.37. The Morgan fingerprint density at radius 2 is 1.53 bits per heavy atom. The Kier molecular flexibility index (Phi) is 10.1. The number of carboxylic acids is 1. The Balaban J connectivity index is 3.47. The predicted molar refractivity (Wildman–Crippen MR) is 142 cm³/mol. The van der Waals surface area contributed by atoms with Gasteiger partial charge in [-0.2, -0.15) is 0 Å². The van der Waals surface area contributed by atoms with E-state index in [-0.39, 0.29) is 11.5 Å². The first-order chi connectivity index (χ1) is 16.2. The maximum absolute atomic E-state index is 13.7. The summed E-state index contributed by atoms with van der Waals surface area (Å²) in [6.45, 7) is 13.9. The van der Waals surface area contributed by atoms with Gasteiger partial charge in [0.1, 0.15) is 11.3 Å². The van der Waals surface area contributed by atoms with Crippen LogP contribution in [-0.4, -0.2) is 66.8 Å². The summed E-state index contributed by atoms with van der Waals surface area (Å²) in [5.41, 5.74) is -1.04. The number of amides is 2. The Labute approximate surface area is 216 Å². The number of rotatable bonds is 10. The van der Waals surface area contributed by atoms with Crippen molar-refractivity contribution in [3.8, 4) is 0 Å². The number of aliphatic carboxylic acids is 1. The van der Waals surface area contributed by atoms with Gasteiger partial charge in [-0.15, -0.1) is 0 Å². The zero-order chi connectivity index (χ0) is 28.2. The highest BCUT2D eigenvalue weighted by atomic mass is 32.2. The van der Waals surface area contributed by atoms with Crippen molar-refractivity contribution in [3.05, 3.63) is 47.5 Å². The number of carbonyl (C=O) groups is 3. The van der Waals surface area contributed by atoms with Gasteiger partial charge in [-0.25, -0.2) is 13.2 Å². The number of sulfone groups is 1. The van der Waals surface area contributed by atoms with Crippen LogP contribution in [0.1, 0.15) is 61.0 Å². The summed E-state index contributed by atoms with van der Waals surface area (Å²) in [7, 11) is -2.31. The van der Waals surface area contributed by atoms with E-state index in [4.69, 9.17) is 0 Å². The normalized spacial score (nSPS) is 15.7. The second-order valence-corrected chi connectivity index (χ2v) is 13.6. The van der Waals surface area contributed by atoms with Crippen molar-refractivity contribution in [2.45, 2.75) is 78.1 Å². The van der Waals surface area contributed by atoms with Crippen molar-refractivity contribution < 1.29 is 27.9 Å². The van der Waals surface area contributed by atoms with Crippen LogP contribution < -0.4 is 5.32 Å². The van der Waals surface area contributed by atoms with E-state index >= 15 is 0 Å². The van der Waals surface area contributed by atoms with Crippen LogP contribution in [0.2, 0.25) is 0 Å². The third-order valence-corrected chi connectivity index (χ3v) is 8.13. The highest BCUT2D eigenvalue weighted by molar-refractivity contribution is 7.92. The monoisotopic (exact) mass is 522 g/mol. The van der Waals surface area contributed by atoms with Crippen LogP contribution in [0.25, 0.3) is 0 Å². The smallest absolute Gasteiger partial charge is 0.331 e. The number of nitrogens with zero attached hydrogens (tertiary/aromatic N) is 1. The molecule has 8 nitrogen and oxygen atoms in total. The number of carbonyl (C=O) groups excluding carboxylic acids is 2. The minimum absolute atomic E-state index is 0.103. The molecule has 202 valence electrons. The summed E-state index contributed by atoms with van der Waals surface area (Å²) in [5.74, 6) is -2.38. The highest BCUT2D eigenvalue weighted by Gasteiger charge is 2.46. The zero-order valence-electron chi connectivity index (χ0n) is 23.1. The summed E-state index contributed by atoms with van der Waals surface area (Å²) >= 11 is 0. The fraction of sp³-hybridized carbons (Fsp3) is 0.593. The lowest BCUT2D eigenvalue weighted by Crippen LogP contribution is -2.60. The first-order valence-electron chi connectivity index (χ1n) is 12.0. The molecule has 1 unspecified atom stereocenters. The number of nitrogens with one attached hydrogen (secondary N) is 1. The summed E-state index contributed by atoms with van der Waals surface area (Å²) in [6.07, 6.45) is 2.54. The van der Waals surface area contributed by atoms with E-state index in [0.29, 0.717) is 5.56 Å². The fourth-order valence-corrected chi connectivity index (χ4v) is 6.04. The van der Waals surface area contributed by atoms with E-state index in [2.05, 4.69) is 5.32 Å². The molecule has 3 atom stereocenters. The molecule has 0 aliphatic carbocycles. The SMILES string of the molecule is C/C(=C\[C@H](C(C)C)N(C)C(=O)[C@@H](NC(=O)C(C(C)(C)c1ccccc1)S(C)(=O)=O)C(C)(C)C)C(=O)O. The van der Waals surface area contributed by atoms with Gasteiger partial charge in [0.15, 0.2) is 9.84 Å². The molecule has 0 bridgehead atoms. The van der Waals surface area contributed by atoms with E-state index < -0.39 is 55.8 Å². The Bertz CT molecular complexity index is 1090. The van der Waals surface area contributed by atoms with E-state index in [9.17, 15) is 27.9 Å². The molecular formula is C27H42N2O6S. The van der Waals surface area contributed by atoms with Gasteiger partial charge in [0.25, 0.3) is 0 Å². The lowest BCUT2D eigenvalue weighted by atomic mass is 9.80. The van der Waals surface area contributed by atoms with Gasteiger partial charge in [-0.1, -0.05) is 84.9 Å². The number of hydrogen-bond donors (Lipinski definition) is 2. The van der Waals surface area contributed by atoms with E-state index in [1.54, 1.807) is 65.9 Å². The van der Waals surface area contributed by atoms with Crippen LogP contribution in [0.5, 0.6) is 0 Å². The average Bonchev–Trinajstić information content (AvgIpc) is 2.73. The lowest BCUT2D eigenvalue weighted by molar-refractivity contribution is -0.140. The van der Waals surface area contributed by atoms with Crippen molar-refractivity contribution in [2.75, 3.05) is 13.3 Å². The predicted octanol–water partition coefficient (Wildman–Crippen LogP) is 3.42. The van der Waals surface area contributed by atoms with Crippen LogP contribution in [0.15, 0.2) is 42.0 Å². The number of hydrogen-bond acceptors (Lipinski definition) is 5. The van der Waals surface area contributed by atoms with E-state index in [1.807, 2.05) is 19.9 Å². The summed E-state index contributed by atoms with van der Waals surface area (Å²) in [5, 5.41) is 10.6. The minimum Gasteiger partial charge on any atom is -0.478 e. The van der Waals surface area contributed by atoms with Crippen molar-refractivity contribution in [3.63, 3.8) is 0 Å². The minimum atomic E-state index is -3.87. The lowest BCUT2D eigenvalue weighted by Gasteiger charge is -2.39.